The molecule has 0 atom stereocenters. The summed E-state index contributed by atoms with van der Waals surface area (Å²) >= 11 is 0. The smallest absolute Gasteiger partial charge is 0.370 e. The first-order valence-electron chi connectivity index (χ1n) is 8.50. The van der Waals surface area contributed by atoms with Crippen molar-refractivity contribution in [2.24, 2.45) is 0 Å². The maximum absolute atomic E-state index is 6.13. The molecule has 0 heterocycles. The fourth-order valence-corrected chi connectivity index (χ4v) is 5.33. The maximum atomic E-state index is 6.13. The molecule has 0 saturated carbocycles. The molecule has 4 heteroatoms. The summed E-state index contributed by atoms with van der Waals surface area (Å²) in [5.41, 5.74) is 2.18. The van der Waals surface area contributed by atoms with Crippen molar-refractivity contribution in [2.75, 3.05) is 19.8 Å². The molecule has 0 aliphatic rings. The normalized spacial score (nSPS) is 12.4. The lowest BCUT2D eigenvalue weighted by atomic mass is 10.1. The van der Waals surface area contributed by atoms with E-state index >= 15 is 0 Å². The molecule has 0 aliphatic heterocycles. The Kier molecular flexibility index (Phi) is 7.40. The molecule has 2 aromatic carbocycles. The molecule has 0 spiro atoms. The minimum absolute atomic E-state index is 0.547. The van der Waals surface area contributed by atoms with Gasteiger partial charge in [0, 0.05) is 25.0 Å². The highest BCUT2D eigenvalue weighted by atomic mass is 28.4. The number of hydrogen-bond donors (Lipinski definition) is 0. The molecule has 128 valence electrons. The predicted molar refractivity (Wildman–Crippen MR) is 101 cm³/mol. The van der Waals surface area contributed by atoms with Gasteiger partial charge in [-0.05, 0) is 38.0 Å². The SMILES string of the molecule is CCO[Si](OCC)(OCC)/C(=C/c1ccccc1)c1ccccc1. The molecule has 0 bridgehead atoms. The maximum Gasteiger partial charge on any atom is 0.537 e. The molecule has 0 amide bonds. The van der Waals surface area contributed by atoms with Gasteiger partial charge in [-0.1, -0.05) is 60.7 Å². The van der Waals surface area contributed by atoms with Crippen LogP contribution in [0.5, 0.6) is 0 Å². The van der Waals surface area contributed by atoms with E-state index in [1.54, 1.807) is 0 Å². The van der Waals surface area contributed by atoms with E-state index in [0.29, 0.717) is 19.8 Å². The summed E-state index contributed by atoms with van der Waals surface area (Å²) in [5, 5.41) is 1.000. The zero-order chi connectivity index (χ0) is 17.3. The van der Waals surface area contributed by atoms with Gasteiger partial charge in [-0.3, -0.25) is 0 Å². The van der Waals surface area contributed by atoms with Gasteiger partial charge >= 0.3 is 8.80 Å². The van der Waals surface area contributed by atoms with Crippen LogP contribution >= 0.6 is 0 Å². The van der Waals surface area contributed by atoms with E-state index in [1.807, 2.05) is 57.2 Å². The largest absolute Gasteiger partial charge is 0.537 e. The monoisotopic (exact) mass is 342 g/mol. The third-order valence-corrected chi connectivity index (χ3v) is 6.63. The average molecular weight is 343 g/mol. The second kappa shape index (κ2) is 9.54. The minimum atomic E-state index is -2.99. The Morgan fingerprint density at radius 1 is 0.750 bits per heavy atom. The predicted octanol–water partition coefficient (Wildman–Crippen LogP) is 4.81. The van der Waals surface area contributed by atoms with Gasteiger partial charge in [0.25, 0.3) is 0 Å². The van der Waals surface area contributed by atoms with E-state index in [1.165, 1.54) is 0 Å². The summed E-state index contributed by atoms with van der Waals surface area (Å²) < 4.78 is 18.4. The molecule has 24 heavy (non-hydrogen) atoms. The van der Waals surface area contributed by atoms with Gasteiger partial charge in [-0.25, -0.2) is 0 Å². The van der Waals surface area contributed by atoms with Crippen LogP contribution in [0.2, 0.25) is 0 Å². The van der Waals surface area contributed by atoms with Crippen molar-refractivity contribution >= 4 is 20.1 Å². The third-order valence-electron chi connectivity index (χ3n) is 3.53. The lowest BCUT2D eigenvalue weighted by Crippen LogP contribution is -2.47. The van der Waals surface area contributed by atoms with Gasteiger partial charge < -0.3 is 13.3 Å². The van der Waals surface area contributed by atoms with Gasteiger partial charge in [-0.2, -0.15) is 0 Å². The Labute approximate surface area is 146 Å². The Bertz CT molecular complexity index is 609. The molecule has 2 aromatic rings. The van der Waals surface area contributed by atoms with Crippen LogP contribution in [0.15, 0.2) is 60.7 Å². The molecule has 0 aromatic heterocycles. The summed E-state index contributed by atoms with van der Waals surface area (Å²) in [7, 11) is -2.99. The van der Waals surface area contributed by atoms with E-state index in [-0.39, 0.29) is 0 Å². The van der Waals surface area contributed by atoms with E-state index < -0.39 is 8.80 Å². The van der Waals surface area contributed by atoms with E-state index in [4.69, 9.17) is 13.3 Å². The molecule has 0 radical (unpaired) electrons. The van der Waals surface area contributed by atoms with Gasteiger partial charge in [0.2, 0.25) is 0 Å². The fourth-order valence-electron chi connectivity index (χ4n) is 2.61. The average Bonchev–Trinajstić information content (AvgIpc) is 2.62. The zero-order valence-corrected chi connectivity index (χ0v) is 15.7. The molecule has 0 saturated heterocycles. The van der Waals surface area contributed by atoms with Crippen LogP contribution in [0.3, 0.4) is 0 Å². The Morgan fingerprint density at radius 3 is 1.67 bits per heavy atom. The van der Waals surface area contributed by atoms with Gasteiger partial charge in [0.05, 0.1) is 0 Å². The van der Waals surface area contributed by atoms with Crippen molar-refractivity contribution in [3.05, 3.63) is 71.8 Å². The van der Waals surface area contributed by atoms with Crippen LogP contribution in [0, 0.1) is 0 Å². The summed E-state index contributed by atoms with van der Waals surface area (Å²) in [6.45, 7) is 7.57. The van der Waals surface area contributed by atoms with Gasteiger partial charge in [0.15, 0.2) is 0 Å². The molecule has 0 unspecified atom stereocenters. The van der Waals surface area contributed by atoms with Gasteiger partial charge in [-0.15, -0.1) is 0 Å². The number of rotatable bonds is 9. The topological polar surface area (TPSA) is 27.7 Å². The molecule has 0 fully saturated rings. The van der Waals surface area contributed by atoms with Crippen LogP contribution in [0.4, 0.5) is 0 Å². The van der Waals surface area contributed by atoms with Crippen molar-refractivity contribution in [1.29, 1.82) is 0 Å². The molecular formula is C20H26O3Si. The van der Waals surface area contributed by atoms with Crippen LogP contribution in [0.1, 0.15) is 31.9 Å². The summed E-state index contributed by atoms with van der Waals surface area (Å²) in [5.74, 6) is 0. The van der Waals surface area contributed by atoms with Crippen molar-refractivity contribution in [1.82, 2.24) is 0 Å². The molecule has 0 N–H and O–H groups in total. The summed E-state index contributed by atoms with van der Waals surface area (Å²) in [6.07, 6.45) is 2.13. The first-order valence-corrected chi connectivity index (χ1v) is 10.2. The first kappa shape index (κ1) is 18.6. The summed E-state index contributed by atoms with van der Waals surface area (Å²) in [6, 6.07) is 20.4. The highest BCUT2D eigenvalue weighted by Gasteiger charge is 2.45. The van der Waals surface area contributed by atoms with Crippen molar-refractivity contribution in [3.8, 4) is 0 Å². The van der Waals surface area contributed by atoms with E-state index in [9.17, 15) is 0 Å². The Hall–Kier alpha value is -1.72. The number of benzene rings is 2. The Morgan fingerprint density at radius 2 is 1.21 bits per heavy atom. The lowest BCUT2D eigenvalue weighted by molar-refractivity contribution is 0.0873. The second-order valence-electron chi connectivity index (χ2n) is 5.19. The molecule has 3 nitrogen and oxygen atoms in total. The van der Waals surface area contributed by atoms with Crippen LogP contribution < -0.4 is 0 Å². The minimum Gasteiger partial charge on any atom is -0.370 e. The van der Waals surface area contributed by atoms with Gasteiger partial charge in [0.1, 0.15) is 0 Å². The van der Waals surface area contributed by atoms with Crippen molar-refractivity contribution in [3.63, 3.8) is 0 Å². The highest BCUT2D eigenvalue weighted by Crippen LogP contribution is 2.31. The van der Waals surface area contributed by atoms with Crippen LogP contribution in [0.25, 0.3) is 11.3 Å². The zero-order valence-electron chi connectivity index (χ0n) is 14.7. The van der Waals surface area contributed by atoms with Crippen LogP contribution in [-0.4, -0.2) is 28.6 Å². The quantitative estimate of drug-likeness (QED) is 0.483. The first-order chi connectivity index (χ1) is 11.8. The number of hydrogen-bond acceptors (Lipinski definition) is 3. The Balaban J connectivity index is 2.59. The van der Waals surface area contributed by atoms with E-state index in [2.05, 4.69) is 30.3 Å². The molecule has 2 rings (SSSR count). The highest BCUT2D eigenvalue weighted by molar-refractivity contribution is 6.82. The van der Waals surface area contributed by atoms with Crippen LogP contribution in [-0.2, 0) is 13.3 Å². The summed E-state index contributed by atoms with van der Waals surface area (Å²) in [4.78, 5) is 0. The lowest BCUT2D eigenvalue weighted by Gasteiger charge is -2.31. The standard InChI is InChI=1S/C20H26O3Si/c1-4-21-24(22-5-2,23-6-3)20(19-15-11-8-12-16-19)17-18-13-9-7-10-14-18/h7-17H,4-6H2,1-3H3/b20-17+. The van der Waals surface area contributed by atoms with Crippen molar-refractivity contribution in [2.45, 2.75) is 20.8 Å². The third kappa shape index (κ3) is 4.64. The second-order valence-corrected chi connectivity index (χ2v) is 7.71. The van der Waals surface area contributed by atoms with Crippen molar-refractivity contribution < 1.29 is 13.3 Å². The molecular weight excluding hydrogens is 316 g/mol. The van der Waals surface area contributed by atoms with E-state index in [0.717, 1.165) is 16.3 Å². The molecule has 0 aliphatic carbocycles. The fraction of sp³-hybridized carbons (Fsp3) is 0.300.